The minimum absolute atomic E-state index is 0.166. The van der Waals surface area contributed by atoms with Gasteiger partial charge in [-0.15, -0.1) is 0 Å². The normalized spacial score (nSPS) is 18.0. The maximum absolute atomic E-state index is 9.58. The summed E-state index contributed by atoms with van der Waals surface area (Å²) in [6.45, 7) is 11.2. The van der Waals surface area contributed by atoms with E-state index in [0.29, 0.717) is 0 Å². The van der Waals surface area contributed by atoms with Crippen LogP contribution < -0.4 is 4.43 Å². The molecule has 0 bridgehead atoms. The second-order valence-corrected chi connectivity index (χ2v) is 12.1. The van der Waals surface area contributed by atoms with Crippen LogP contribution in [0.2, 0.25) is 18.1 Å². The van der Waals surface area contributed by atoms with Crippen LogP contribution in [0.1, 0.15) is 45.6 Å². The van der Waals surface area contributed by atoms with Crippen molar-refractivity contribution in [3.8, 4) is 11.8 Å². The van der Waals surface area contributed by atoms with Crippen molar-refractivity contribution >= 4 is 8.32 Å². The number of benzene rings is 1. The van der Waals surface area contributed by atoms with Gasteiger partial charge in [-0.3, -0.25) is 0 Å². The van der Waals surface area contributed by atoms with Gasteiger partial charge in [0.1, 0.15) is 5.75 Å². The first kappa shape index (κ1) is 15.1. The van der Waals surface area contributed by atoms with Gasteiger partial charge in [0.2, 0.25) is 8.32 Å². The molecule has 0 aromatic heterocycles. The number of para-hydroxylation sites is 1. The number of hydrogen-bond acceptors (Lipinski definition) is 2. The summed E-state index contributed by atoms with van der Waals surface area (Å²) in [4.78, 5) is 0. The Bertz CT molecular complexity index is 533. The molecule has 20 heavy (non-hydrogen) atoms. The quantitative estimate of drug-likeness (QED) is 0.732. The number of rotatable bonds is 3. The Labute approximate surface area is 123 Å². The molecule has 1 aromatic carbocycles. The maximum Gasteiger partial charge on any atom is 0.250 e. The Balaban J connectivity index is 2.38. The summed E-state index contributed by atoms with van der Waals surface area (Å²) in [6, 6.07) is 10.7. The molecule has 1 fully saturated rings. The third kappa shape index (κ3) is 2.49. The molecule has 0 heterocycles. The average molecular weight is 287 g/mol. The highest BCUT2D eigenvalue weighted by Crippen LogP contribution is 2.48. The van der Waals surface area contributed by atoms with Gasteiger partial charge < -0.3 is 4.43 Å². The zero-order valence-corrected chi connectivity index (χ0v) is 14.3. The van der Waals surface area contributed by atoms with Crippen molar-refractivity contribution in [2.45, 2.75) is 63.6 Å². The molecule has 0 N–H and O–H groups in total. The van der Waals surface area contributed by atoms with Gasteiger partial charge in [0.15, 0.2) is 0 Å². The first-order chi connectivity index (χ1) is 9.22. The standard InChI is InChI=1S/C17H25NOSi/c1-16(2,3)20(4,5)19-15-10-7-6-9-14(15)17(13-18)11-8-12-17/h6-7,9-10H,8,11-12H2,1-5H3. The molecule has 0 atom stereocenters. The fourth-order valence-electron chi connectivity index (χ4n) is 2.35. The van der Waals surface area contributed by atoms with E-state index in [2.05, 4.69) is 46.0 Å². The summed E-state index contributed by atoms with van der Waals surface area (Å²) in [5, 5.41) is 9.74. The molecule has 0 saturated heterocycles. The number of nitriles is 1. The molecule has 0 unspecified atom stereocenters. The molecule has 1 aliphatic carbocycles. The zero-order valence-electron chi connectivity index (χ0n) is 13.3. The fraction of sp³-hybridized carbons (Fsp3) is 0.588. The van der Waals surface area contributed by atoms with Gasteiger partial charge in [-0.1, -0.05) is 39.0 Å². The number of nitrogens with zero attached hydrogens (tertiary/aromatic N) is 1. The van der Waals surface area contributed by atoms with Crippen molar-refractivity contribution in [1.82, 2.24) is 0 Å². The predicted octanol–water partition coefficient (Wildman–Crippen LogP) is 5.02. The molecule has 3 heteroatoms. The van der Waals surface area contributed by atoms with Crippen LogP contribution in [0.15, 0.2) is 24.3 Å². The summed E-state index contributed by atoms with van der Waals surface area (Å²) in [5.41, 5.74) is 0.789. The molecule has 1 aliphatic rings. The van der Waals surface area contributed by atoms with E-state index in [1.165, 1.54) is 0 Å². The molecule has 2 nitrogen and oxygen atoms in total. The molecular weight excluding hydrogens is 262 g/mol. The lowest BCUT2D eigenvalue weighted by molar-refractivity contribution is 0.315. The van der Waals surface area contributed by atoms with Gasteiger partial charge in [-0.2, -0.15) is 5.26 Å². The molecule has 0 spiro atoms. The van der Waals surface area contributed by atoms with Gasteiger partial charge in [0, 0.05) is 5.56 Å². The lowest BCUT2D eigenvalue weighted by Crippen LogP contribution is -2.44. The third-order valence-corrected chi connectivity index (χ3v) is 9.34. The molecule has 0 aliphatic heterocycles. The smallest absolute Gasteiger partial charge is 0.250 e. The summed E-state index contributed by atoms with van der Waals surface area (Å²) >= 11 is 0. The van der Waals surface area contributed by atoms with Crippen molar-refractivity contribution in [2.75, 3.05) is 0 Å². The lowest BCUT2D eigenvalue weighted by atomic mass is 9.65. The Kier molecular flexibility index (Phi) is 3.73. The second kappa shape index (κ2) is 4.93. The maximum atomic E-state index is 9.58. The van der Waals surface area contributed by atoms with E-state index in [1.807, 2.05) is 18.2 Å². The highest BCUT2D eigenvalue weighted by Gasteiger charge is 2.44. The fourth-order valence-corrected chi connectivity index (χ4v) is 3.38. The van der Waals surface area contributed by atoms with Crippen LogP contribution in [0.4, 0.5) is 0 Å². The first-order valence-corrected chi connectivity index (χ1v) is 10.3. The van der Waals surface area contributed by atoms with E-state index in [1.54, 1.807) is 0 Å². The van der Waals surface area contributed by atoms with Crippen LogP contribution in [0.5, 0.6) is 5.75 Å². The van der Waals surface area contributed by atoms with Crippen LogP contribution in [0.3, 0.4) is 0 Å². The summed E-state index contributed by atoms with van der Waals surface area (Å²) in [7, 11) is -1.87. The Hall–Kier alpha value is -1.27. The average Bonchev–Trinajstić information content (AvgIpc) is 2.28. The van der Waals surface area contributed by atoms with E-state index in [9.17, 15) is 5.26 Å². The minimum atomic E-state index is -1.87. The Morgan fingerprint density at radius 3 is 2.25 bits per heavy atom. The highest BCUT2D eigenvalue weighted by atomic mass is 28.4. The van der Waals surface area contributed by atoms with E-state index >= 15 is 0 Å². The molecule has 1 saturated carbocycles. The van der Waals surface area contributed by atoms with Gasteiger partial charge >= 0.3 is 0 Å². The van der Waals surface area contributed by atoms with Gasteiger partial charge in [0.25, 0.3) is 0 Å². The summed E-state index contributed by atoms with van der Waals surface area (Å²) in [6.07, 6.45) is 3.06. The topological polar surface area (TPSA) is 33.0 Å². The van der Waals surface area contributed by atoms with Crippen molar-refractivity contribution in [1.29, 1.82) is 5.26 Å². The largest absolute Gasteiger partial charge is 0.543 e. The van der Waals surface area contributed by atoms with Gasteiger partial charge in [0.05, 0.1) is 11.5 Å². The second-order valence-electron chi connectivity index (χ2n) is 7.41. The van der Waals surface area contributed by atoms with E-state index in [0.717, 1.165) is 30.6 Å². The van der Waals surface area contributed by atoms with Crippen LogP contribution in [0.25, 0.3) is 0 Å². The van der Waals surface area contributed by atoms with Gasteiger partial charge in [-0.05, 0) is 43.5 Å². The molecule has 0 radical (unpaired) electrons. The number of hydrogen-bond donors (Lipinski definition) is 0. The van der Waals surface area contributed by atoms with Crippen molar-refractivity contribution in [3.05, 3.63) is 29.8 Å². The van der Waals surface area contributed by atoms with Gasteiger partial charge in [-0.25, -0.2) is 0 Å². The molecule has 2 rings (SSSR count). The molecule has 0 amide bonds. The van der Waals surface area contributed by atoms with Crippen LogP contribution >= 0.6 is 0 Å². The monoisotopic (exact) mass is 287 g/mol. The minimum Gasteiger partial charge on any atom is -0.543 e. The zero-order chi connectivity index (χ0) is 15.0. The predicted molar refractivity (Wildman–Crippen MR) is 85.4 cm³/mol. The molecule has 1 aromatic rings. The van der Waals surface area contributed by atoms with Crippen LogP contribution in [0, 0.1) is 11.3 Å². The summed E-state index contributed by atoms with van der Waals surface area (Å²) in [5.74, 6) is 0.931. The van der Waals surface area contributed by atoms with E-state index in [4.69, 9.17) is 4.43 Å². The Morgan fingerprint density at radius 1 is 1.20 bits per heavy atom. The van der Waals surface area contributed by atoms with Crippen molar-refractivity contribution in [2.24, 2.45) is 0 Å². The third-order valence-electron chi connectivity index (χ3n) is 5.00. The van der Waals surface area contributed by atoms with E-state index < -0.39 is 8.32 Å². The Morgan fingerprint density at radius 2 is 1.80 bits per heavy atom. The molecular formula is C17H25NOSi. The van der Waals surface area contributed by atoms with Crippen LogP contribution in [-0.4, -0.2) is 8.32 Å². The van der Waals surface area contributed by atoms with E-state index in [-0.39, 0.29) is 10.5 Å². The van der Waals surface area contributed by atoms with Crippen LogP contribution in [-0.2, 0) is 5.41 Å². The SMILES string of the molecule is CC(C)(C)[Si](C)(C)Oc1ccccc1C1(C#N)CCC1. The van der Waals surface area contributed by atoms with Crippen molar-refractivity contribution in [3.63, 3.8) is 0 Å². The van der Waals surface area contributed by atoms with Crippen molar-refractivity contribution < 1.29 is 4.43 Å². The first-order valence-electron chi connectivity index (χ1n) is 7.42. The lowest BCUT2D eigenvalue weighted by Gasteiger charge is -2.41. The molecule has 108 valence electrons. The highest BCUT2D eigenvalue weighted by molar-refractivity contribution is 6.74. The summed E-state index contributed by atoms with van der Waals surface area (Å²) < 4.78 is 6.47.